The van der Waals surface area contributed by atoms with E-state index in [2.05, 4.69) is 5.32 Å². The average Bonchev–Trinajstić information content (AvgIpc) is 3.00. The number of hydrogen-bond acceptors (Lipinski definition) is 3. The minimum absolute atomic E-state index is 0.174. The van der Waals surface area contributed by atoms with Crippen LogP contribution < -0.4 is 10.1 Å². The van der Waals surface area contributed by atoms with Gasteiger partial charge in [-0.05, 0) is 48.4 Å². The van der Waals surface area contributed by atoms with Crippen LogP contribution in [0.4, 0.5) is 5.69 Å². The molecule has 2 aromatic rings. The molecular weight excluding hydrogens is 304 g/mol. The highest BCUT2D eigenvalue weighted by molar-refractivity contribution is 6.04. The van der Waals surface area contributed by atoms with Crippen LogP contribution in [0.25, 0.3) is 0 Å². The van der Waals surface area contributed by atoms with E-state index in [-0.39, 0.29) is 11.8 Å². The number of anilines is 1. The van der Waals surface area contributed by atoms with Crippen molar-refractivity contribution in [1.82, 2.24) is 4.90 Å². The summed E-state index contributed by atoms with van der Waals surface area (Å²) in [6, 6.07) is 14.6. The molecule has 0 aromatic heterocycles. The minimum Gasteiger partial charge on any atom is -0.497 e. The Bertz CT molecular complexity index is 741. The number of carbonyl (C=O) groups excluding carboxylic acids is 2. The van der Waals surface area contributed by atoms with Crippen LogP contribution >= 0.6 is 0 Å². The molecule has 2 amide bonds. The molecule has 1 aliphatic rings. The van der Waals surface area contributed by atoms with Crippen LogP contribution in [0.5, 0.6) is 5.75 Å². The van der Waals surface area contributed by atoms with E-state index in [1.165, 1.54) is 0 Å². The van der Waals surface area contributed by atoms with E-state index in [4.69, 9.17) is 4.74 Å². The van der Waals surface area contributed by atoms with E-state index in [9.17, 15) is 9.59 Å². The maximum atomic E-state index is 12.3. The van der Waals surface area contributed by atoms with Crippen molar-refractivity contribution in [3.8, 4) is 5.75 Å². The lowest BCUT2D eigenvalue weighted by Gasteiger charge is -2.16. The first-order valence-electron chi connectivity index (χ1n) is 7.98. The number of rotatable bonds is 5. The number of amides is 2. The molecule has 0 unspecified atom stereocenters. The predicted molar refractivity (Wildman–Crippen MR) is 92.0 cm³/mol. The summed E-state index contributed by atoms with van der Waals surface area (Å²) in [4.78, 5) is 25.9. The van der Waals surface area contributed by atoms with Gasteiger partial charge in [-0.15, -0.1) is 0 Å². The molecule has 0 radical (unpaired) electrons. The molecule has 1 fully saturated rings. The van der Waals surface area contributed by atoms with Crippen molar-refractivity contribution in [3.63, 3.8) is 0 Å². The number of ether oxygens (including phenoxy) is 1. The third-order valence-electron chi connectivity index (χ3n) is 4.08. The van der Waals surface area contributed by atoms with E-state index in [0.717, 1.165) is 24.2 Å². The van der Waals surface area contributed by atoms with Crippen molar-refractivity contribution in [2.45, 2.75) is 19.4 Å². The van der Waals surface area contributed by atoms with Gasteiger partial charge in [0.2, 0.25) is 5.91 Å². The summed E-state index contributed by atoms with van der Waals surface area (Å²) in [6.45, 7) is 1.40. The van der Waals surface area contributed by atoms with Gasteiger partial charge in [0.25, 0.3) is 5.91 Å². The maximum Gasteiger partial charge on any atom is 0.255 e. The van der Waals surface area contributed by atoms with Gasteiger partial charge in [0.1, 0.15) is 5.75 Å². The van der Waals surface area contributed by atoms with Gasteiger partial charge in [0, 0.05) is 30.8 Å². The number of likely N-dealkylation sites (tertiary alicyclic amines) is 1. The lowest BCUT2D eigenvalue weighted by atomic mass is 10.1. The zero-order valence-electron chi connectivity index (χ0n) is 13.6. The van der Waals surface area contributed by atoms with Crippen LogP contribution in [-0.2, 0) is 11.3 Å². The molecule has 1 aliphatic heterocycles. The molecule has 5 heteroatoms. The van der Waals surface area contributed by atoms with Gasteiger partial charge >= 0.3 is 0 Å². The molecule has 0 bridgehead atoms. The largest absolute Gasteiger partial charge is 0.497 e. The van der Waals surface area contributed by atoms with Crippen molar-refractivity contribution in [2.24, 2.45) is 0 Å². The Morgan fingerprint density at radius 3 is 2.67 bits per heavy atom. The van der Waals surface area contributed by atoms with Crippen molar-refractivity contribution in [1.29, 1.82) is 0 Å². The Morgan fingerprint density at radius 2 is 2.00 bits per heavy atom. The molecule has 24 heavy (non-hydrogen) atoms. The van der Waals surface area contributed by atoms with Crippen molar-refractivity contribution >= 4 is 17.5 Å². The summed E-state index contributed by atoms with van der Waals surface area (Å²) < 4.78 is 5.09. The molecule has 0 aliphatic carbocycles. The monoisotopic (exact) mass is 324 g/mol. The third kappa shape index (κ3) is 3.74. The van der Waals surface area contributed by atoms with Crippen LogP contribution in [0.3, 0.4) is 0 Å². The zero-order chi connectivity index (χ0) is 16.9. The van der Waals surface area contributed by atoms with Crippen LogP contribution in [0, 0.1) is 0 Å². The quantitative estimate of drug-likeness (QED) is 0.919. The molecular formula is C19H20N2O3. The molecule has 124 valence electrons. The molecule has 3 rings (SSSR count). The Kier molecular flexibility index (Phi) is 4.79. The SMILES string of the molecule is COc1ccc(C(=O)Nc2cccc(CN3CCCC3=O)c2)cc1. The lowest BCUT2D eigenvalue weighted by molar-refractivity contribution is -0.128. The second-order valence-corrected chi connectivity index (χ2v) is 5.80. The molecule has 1 N–H and O–H groups in total. The first-order valence-corrected chi connectivity index (χ1v) is 7.98. The highest BCUT2D eigenvalue weighted by Crippen LogP contribution is 2.18. The van der Waals surface area contributed by atoms with Crippen molar-refractivity contribution in [2.75, 3.05) is 19.0 Å². The molecule has 5 nitrogen and oxygen atoms in total. The Morgan fingerprint density at radius 1 is 1.21 bits per heavy atom. The topological polar surface area (TPSA) is 58.6 Å². The van der Waals surface area contributed by atoms with Gasteiger partial charge in [0.05, 0.1) is 7.11 Å². The van der Waals surface area contributed by atoms with Crippen LogP contribution in [0.1, 0.15) is 28.8 Å². The van der Waals surface area contributed by atoms with Gasteiger partial charge in [-0.25, -0.2) is 0 Å². The van der Waals surface area contributed by atoms with Crippen molar-refractivity contribution < 1.29 is 14.3 Å². The fourth-order valence-corrected chi connectivity index (χ4v) is 2.78. The third-order valence-corrected chi connectivity index (χ3v) is 4.08. The Labute approximate surface area is 141 Å². The smallest absolute Gasteiger partial charge is 0.255 e. The molecule has 1 heterocycles. The zero-order valence-corrected chi connectivity index (χ0v) is 13.6. The number of methoxy groups -OCH3 is 1. The fourth-order valence-electron chi connectivity index (χ4n) is 2.78. The van der Waals surface area contributed by atoms with E-state index in [0.29, 0.717) is 24.3 Å². The second-order valence-electron chi connectivity index (χ2n) is 5.80. The number of nitrogens with zero attached hydrogens (tertiary/aromatic N) is 1. The predicted octanol–water partition coefficient (Wildman–Crippen LogP) is 3.07. The number of carbonyl (C=O) groups is 2. The minimum atomic E-state index is -0.174. The normalized spacial score (nSPS) is 13.9. The van der Waals surface area contributed by atoms with Gasteiger partial charge in [-0.1, -0.05) is 12.1 Å². The van der Waals surface area contributed by atoms with Crippen LogP contribution in [0.15, 0.2) is 48.5 Å². The van der Waals surface area contributed by atoms with Crippen LogP contribution in [-0.4, -0.2) is 30.4 Å². The number of nitrogens with one attached hydrogen (secondary N) is 1. The van der Waals surface area contributed by atoms with Crippen molar-refractivity contribution in [3.05, 3.63) is 59.7 Å². The summed E-state index contributed by atoms with van der Waals surface area (Å²) in [7, 11) is 1.59. The van der Waals surface area contributed by atoms with Gasteiger partial charge < -0.3 is 15.0 Å². The fraction of sp³-hybridized carbons (Fsp3) is 0.263. The highest BCUT2D eigenvalue weighted by atomic mass is 16.5. The summed E-state index contributed by atoms with van der Waals surface area (Å²) in [6.07, 6.45) is 1.56. The number of benzene rings is 2. The molecule has 2 aromatic carbocycles. The van der Waals surface area contributed by atoms with Gasteiger partial charge in [0.15, 0.2) is 0 Å². The van der Waals surface area contributed by atoms with Gasteiger partial charge in [-0.2, -0.15) is 0 Å². The van der Waals surface area contributed by atoms with E-state index < -0.39 is 0 Å². The van der Waals surface area contributed by atoms with E-state index in [1.807, 2.05) is 29.2 Å². The first-order chi connectivity index (χ1) is 11.7. The summed E-state index contributed by atoms with van der Waals surface area (Å²) in [5.74, 6) is 0.735. The first kappa shape index (κ1) is 16.1. The van der Waals surface area contributed by atoms with Crippen LogP contribution in [0.2, 0.25) is 0 Å². The Balaban J connectivity index is 1.67. The Hall–Kier alpha value is -2.82. The van der Waals surface area contributed by atoms with E-state index in [1.54, 1.807) is 31.4 Å². The van der Waals surface area contributed by atoms with Gasteiger partial charge in [-0.3, -0.25) is 9.59 Å². The second kappa shape index (κ2) is 7.17. The summed E-state index contributed by atoms with van der Waals surface area (Å²) >= 11 is 0. The molecule has 0 saturated carbocycles. The molecule has 1 saturated heterocycles. The molecule has 0 spiro atoms. The highest BCUT2D eigenvalue weighted by Gasteiger charge is 2.20. The average molecular weight is 324 g/mol. The summed E-state index contributed by atoms with van der Waals surface area (Å²) in [5, 5.41) is 2.89. The maximum absolute atomic E-state index is 12.3. The lowest BCUT2D eigenvalue weighted by Crippen LogP contribution is -2.23. The number of hydrogen-bond donors (Lipinski definition) is 1. The standard InChI is InChI=1S/C19H20N2O3/c1-24-17-9-7-15(8-10-17)19(23)20-16-5-2-4-14(12-16)13-21-11-3-6-18(21)22/h2,4-5,7-10,12H,3,6,11,13H2,1H3,(H,20,23). The summed E-state index contributed by atoms with van der Waals surface area (Å²) in [5.41, 5.74) is 2.30. The van der Waals surface area contributed by atoms with E-state index >= 15 is 0 Å². The molecule has 0 atom stereocenters.